The Kier molecular flexibility index (Phi) is 8.82. The third-order valence-corrected chi connectivity index (χ3v) is 6.67. The normalized spacial score (nSPS) is 41.3. The van der Waals surface area contributed by atoms with Gasteiger partial charge in [0.15, 0.2) is 0 Å². The molecule has 28 heavy (non-hydrogen) atoms. The molecule has 0 saturated carbocycles. The molecule has 164 valence electrons. The summed E-state index contributed by atoms with van der Waals surface area (Å²) in [6, 6.07) is -1.54. The van der Waals surface area contributed by atoms with Gasteiger partial charge in [0.1, 0.15) is 35.5 Å². The number of ether oxygens (including phenoxy) is 1. The van der Waals surface area contributed by atoms with Gasteiger partial charge in [-0.1, -0.05) is 13.3 Å². The molecular formula is C18H32ClFN2O5S. The standard InChI is InChI=1S/C18H32ClFN2O5S/c1-4-5-18(20)6-7-21-10(8-18)16(26)22-11(9(2)19)15-13(24)12(23)14(25)17(27-15)28-3/h9-15,17,21,23-25H,4-8H2,1-3H3,(H,22,26)/t9-,10-,11+,12-,13+,14+,15+,17+,18?/m0/s1. The van der Waals surface area contributed by atoms with Crippen molar-refractivity contribution < 1.29 is 29.2 Å². The van der Waals surface area contributed by atoms with Crippen LogP contribution in [0.2, 0.25) is 0 Å². The van der Waals surface area contributed by atoms with E-state index in [0.717, 1.165) is 0 Å². The number of nitrogens with one attached hydrogen (secondary N) is 2. The Balaban J connectivity index is 2.10. The molecule has 0 aromatic carbocycles. The number of alkyl halides is 2. The van der Waals surface area contributed by atoms with Crippen molar-refractivity contribution >= 4 is 29.3 Å². The van der Waals surface area contributed by atoms with Crippen molar-refractivity contribution in [2.75, 3.05) is 12.8 Å². The van der Waals surface area contributed by atoms with Crippen molar-refractivity contribution in [3.63, 3.8) is 0 Å². The van der Waals surface area contributed by atoms with Gasteiger partial charge in [0.05, 0.1) is 17.5 Å². The van der Waals surface area contributed by atoms with Gasteiger partial charge < -0.3 is 30.7 Å². The quantitative estimate of drug-likeness (QED) is 0.366. The van der Waals surface area contributed by atoms with E-state index in [2.05, 4.69) is 10.6 Å². The molecule has 0 aliphatic carbocycles. The zero-order valence-corrected chi connectivity index (χ0v) is 18.0. The van der Waals surface area contributed by atoms with Crippen LogP contribution in [-0.4, -0.2) is 87.0 Å². The highest BCUT2D eigenvalue weighted by Gasteiger charge is 2.48. The van der Waals surface area contributed by atoms with Crippen LogP contribution >= 0.6 is 23.4 Å². The van der Waals surface area contributed by atoms with E-state index in [-0.39, 0.29) is 6.42 Å². The first-order valence-electron chi connectivity index (χ1n) is 9.72. The SMILES string of the molecule is CCCC1(F)CCN[C@H](C(=O)N[C@@H]([C@H]2O[C@H](SC)[C@H](O)[C@@H](O)[C@H]2O)[C@H](C)Cl)C1. The lowest BCUT2D eigenvalue weighted by atomic mass is 9.85. The van der Waals surface area contributed by atoms with Gasteiger partial charge in [-0.25, -0.2) is 4.39 Å². The molecule has 9 atom stereocenters. The van der Waals surface area contributed by atoms with E-state index >= 15 is 0 Å². The van der Waals surface area contributed by atoms with Crippen LogP contribution in [0.4, 0.5) is 4.39 Å². The largest absolute Gasteiger partial charge is 0.388 e. The molecule has 1 amide bonds. The number of amides is 1. The molecule has 2 aliphatic rings. The highest BCUT2D eigenvalue weighted by molar-refractivity contribution is 7.99. The molecule has 2 saturated heterocycles. The Morgan fingerprint density at radius 3 is 2.64 bits per heavy atom. The van der Waals surface area contributed by atoms with Gasteiger partial charge in [0, 0.05) is 6.42 Å². The van der Waals surface area contributed by atoms with Gasteiger partial charge in [-0.15, -0.1) is 23.4 Å². The summed E-state index contributed by atoms with van der Waals surface area (Å²) in [5.74, 6) is -0.424. The summed E-state index contributed by atoms with van der Waals surface area (Å²) < 4.78 is 20.6. The fourth-order valence-corrected chi connectivity index (χ4v) is 4.85. The van der Waals surface area contributed by atoms with Crippen LogP contribution in [0.1, 0.15) is 39.5 Å². The van der Waals surface area contributed by atoms with Gasteiger partial charge in [0.2, 0.25) is 5.91 Å². The molecule has 0 spiro atoms. The zero-order valence-electron chi connectivity index (χ0n) is 16.5. The minimum absolute atomic E-state index is 0.0684. The second kappa shape index (κ2) is 10.2. The number of aliphatic hydroxyl groups excluding tert-OH is 3. The van der Waals surface area contributed by atoms with E-state index in [1.807, 2.05) is 6.92 Å². The molecule has 0 aromatic rings. The monoisotopic (exact) mass is 442 g/mol. The molecule has 2 rings (SSSR count). The number of thioether (sulfide) groups is 1. The van der Waals surface area contributed by atoms with E-state index < -0.39 is 58.9 Å². The van der Waals surface area contributed by atoms with Gasteiger partial charge in [0.25, 0.3) is 0 Å². The third-order valence-electron chi connectivity index (χ3n) is 5.54. The first-order chi connectivity index (χ1) is 13.1. The first kappa shape index (κ1) is 24.1. The number of halogens is 2. The Morgan fingerprint density at radius 2 is 2.07 bits per heavy atom. The molecule has 1 unspecified atom stereocenters. The molecule has 2 aliphatic heterocycles. The Bertz CT molecular complexity index is 528. The summed E-state index contributed by atoms with van der Waals surface area (Å²) in [5.41, 5.74) is -2.15. The number of carbonyl (C=O) groups is 1. The van der Waals surface area contributed by atoms with Crippen molar-refractivity contribution in [3.8, 4) is 0 Å². The molecule has 0 aromatic heterocycles. The Morgan fingerprint density at radius 1 is 1.39 bits per heavy atom. The lowest BCUT2D eigenvalue weighted by molar-refractivity contribution is -0.205. The number of aliphatic hydroxyl groups is 3. The van der Waals surface area contributed by atoms with E-state index in [4.69, 9.17) is 16.3 Å². The molecule has 2 heterocycles. The van der Waals surface area contributed by atoms with Gasteiger partial charge >= 0.3 is 0 Å². The predicted molar refractivity (Wildman–Crippen MR) is 107 cm³/mol. The van der Waals surface area contributed by atoms with Crippen LogP contribution in [0.5, 0.6) is 0 Å². The third kappa shape index (κ3) is 5.50. The second-order valence-electron chi connectivity index (χ2n) is 7.75. The van der Waals surface area contributed by atoms with Gasteiger partial charge in [-0.2, -0.15) is 0 Å². The van der Waals surface area contributed by atoms with Gasteiger partial charge in [-0.05, 0) is 32.6 Å². The van der Waals surface area contributed by atoms with Crippen LogP contribution in [0, 0.1) is 0 Å². The number of hydrogen-bond donors (Lipinski definition) is 5. The van der Waals surface area contributed by atoms with Crippen molar-refractivity contribution in [3.05, 3.63) is 0 Å². The molecule has 10 heteroatoms. The second-order valence-corrected chi connectivity index (χ2v) is 9.37. The van der Waals surface area contributed by atoms with Crippen LogP contribution in [-0.2, 0) is 9.53 Å². The topological polar surface area (TPSA) is 111 Å². The van der Waals surface area contributed by atoms with E-state index in [1.165, 1.54) is 11.8 Å². The molecular weight excluding hydrogens is 411 g/mol. The average Bonchev–Trinajstić information content (AvgIpc) is 2.64. The van der Waals surface area contributed by atoms with Crippen molar-refractivity contribution in [2.24, 2.45) is 0 Å². The van der Waals surface area contributed by atoms with Crippen LogP contribution < -0.4 is 10.6 Å². The summed E-state index contributed by atoms with van der Waals surface area (Å²) >= 11 is 7.44. The van der Waals surface area contributed by atoms with Crippen molar-refractivity contribution in [2.45, 2.75) is 92.5 Å². The first-order valence-corrected chi connectivity index (χ1v) is 11.4. The summed E-state index contributed by atoms with van der Waals surface area (Å²) in [4.78, 5) is 12.8. The summed E-state index contributed by atoms with van der Waals surface area (Å²) in [6.45, 7) is 3.95. The fourth-order valence-electron chi connectivity index (χ4n) is 3.96. The average molecular weight is 443 g/mol. The highest BCUT2D eigenvalue weighted by Crippen LogP contribution is 2.32. The van der Waals surface area contributed by atoms with Crippen molar-refractivity contribution in [1.82, 2.24) is 10.6 Å². The summed E-state index contributed by atoms with van der Waals surface area (Å²) in [6.07, 6.45) is -1.89. The van der Waals surface area contributed by atoms with Crippen LogP contribution in [0.25, 0.3) is 0 Å². The molecule has 2 fully saturated rings. The Labute approximate surface area is 174 Å². The maximum Gasteiger partial charge on any atom is 0.237 e. The fraction of sp³-hybridized carbons (Fsp3) is 0.944. The van der Waals surface area contributed by atoms with E-state index in [9.17, 15) is 24.5 Å². The molecule has 5 N–H and O–H groups in total. The smallest absolute Gasteiger partial charge is 0.237 e. The predicted octanol–water partition coefficient (Wildman–Crippen LogP) is 0.530. The van der Waals surface area contributed by atoms with Crippen molar-refractivity contribution in [1.29, 1.82) is 0 Å². The van der Waals surface area contributed by atoms with E-state index in [1.54, 1.807) is 13.2 Å². The number of rotatable bonds is 7. The summed E-state index contributed by atoms with van der Waals surface area (Å²) in [5, 5.41) is 35.7. The number of carbonyl (C=O) groups excluding carboxylic acids is 1. The Hall–Kier alpha value is -0.160. The molecule has 0 radical (unpaired) electrons. The summed E-state index contributed by atoms with van der Waals surface area (Å²) in [7, 11) is 0. The molecule has 0 bridgehead atoms. The highest BCUT2D eigenvalue weighted by atomic mass is 35.5. The van der Waals surface area contributed by atoms with Gasteiger partial charge in [-0.3, -0.25) is 4.79 Å². The molecule has 7 nitrogen and oxygen atoms in total. The number of hydrogen-bond acceptors (Lipinski definition) is 7. The lowest BCUT2D eigenvalue weighted by Crippen LogP contribution is -2.65. The van der Waals surface area contributed by atoms with E-state index in [0.29, 0.717) is 25.8 Å². The maximum absolute atomic E-state index is 14.9. The zero-order chi connectivity index (χ0) is 21.1. The van der Waals surface area contributed by atoms with Crippen LogP contribution in [0.15, 0.2) is 0 Å². The minimum atomic E-state index is -1.43. The maximum atomic E-state index is 14.9. The lowest BCUT2D eigenvalue weighted by Gasteiger charge is -2.44. The minimum Gasteiger partial charge on any atom is -0.388 e. The van der Waals surface area contributed by atoms with Crippen LogP contribution in [0.3, 0.4) is 0 Å². The number of piperidine rings is 1.